The van der Waals surface area contributed by atoms with Gasteiger partial charge in [0.1, 0.15) is 11.6 Å². The first-order valence-corrected chi connectivity index (χ1v) is 7.42. The highest BCUT2D eigenvalue weighted by Crippen LogP contribution is 2.45. The lowest BCUT2D eigenvalue weighted by Gasteiger charge is -2.24. The second kappa shape index (κ2) is 5.56. The quantitative estimate of drug-likeness (QED) is 0.879. The van der Waals surface area contributed by atoms with Gasteiger partial charge >= 0.3 is 0 Å². The second-order valence-corrected chi connectivity index (χ2v) is 5.71. The normalized spacial score (nSPS) is 16.9. The van der Waals surface area contributed by atoms with Gasteiger partial charge in [0.05, 0.1) is 11.5 Å². The summed E-state index contributed by atoms with van der Waals surface area (Å²) < 4.78 is 5.46. The average molecular weight is 335 g/mol. The molecule has 0 fully saturated rings. The summed E-state index contributed by atoms with van der Waals surface area (Å²) in [4.78, 5) is 0. The minimum atomic E-state index is -0.424. The first kappa shape index (κ1) is 14.8. The Kier molecular flexibility index (Phi) is 3.73. The Hall–Kier alpha value is -2.16. The maximum absolute atomic E-state index is 9.50. The standard InChI is InChI=1S/C15H12Cl2N4O/c1-2-11-13-12(8-4-3-7(16)5-10(8)17)9(6-18)14(19)22-15(13)21-20-11/h3-5,12H,2,19H2,1H3,(H,20,21)/t12-/m1/s1. The molecule has 5 nitrogen and oxygen atoms in total. The number of aryl methyl sites for hydroxylation is 1. The first-order chi connectivity index (χ1) is 10.6. The van der Waals surface area contributed by atoms with E-state index in [9.17, 15) is 5.26 Å². The molecule has 1 atom stereocenters. The molecule has 22 heavy (non-hydrogen) atoms. The molecule has 0 saturated heterocycles. The molecule has 7 heteroatoms. The highest BCUT2D eigenvalue weighted by atomic mass is 35.5. The van der Waals surface area contributed by atoms with Crippen LogP contribution in [-0.2, 0) is 6.42 Å². The van der Waals surface area contributed by atoms with Crippen molar-refractivity contribution in [2.75, 3.05) is 0 Å². The zero-order valence-electron chi connectivity index (χ0n) is 11.7. The van der Waals surface area contributed by atoms with E-state index in [4.69, 9.17) is 33.7 Å². The number of halogens is 2. The van der Waals surface area contributed by atoms with Gasteiger partial charge in [0.2, 0.25) is 11.8 Å². The van der Waals surface area contributed by atoms with E-state index in [1.165, 1.54) is 0 Å². The maximum Gasteiger partial charge on any atom is 0.244 e. The molecule has 3 rings (SSSR count). The minimum absolute atomic E-state index is 0.0418. The van der Waals surface area contributed by atoms with Gasteiger partial charge in [-0.25, -0.2) is 0 Å². The van der Waals surface area contributed by atoms with Crippen molar-refractivity contribution in [3.05, 3.63) is 56.5 Å². The SMILES string of the molecule is CCc1[nH]nc2c1[C@H](c1ccc(Cl)cc1Cl)C(C#N)=C(N)O2. The lowest BCUT2D eigenvalue weighted by Crippen LogP contribution is -2.21. The number of hydrogen-bond donors (Lipinski definition) is 2. The molecule has 2 heterocycles. The number of benzene rings is 1. The minimum Gasteiger partial charge on any atom is -0.420 e. The summed E-state index contributed by atoms with van der Waals surface area (Å²) in [6, 6.07) is 7.29. The van der Waals surface area contributed by atoms with Gasteiger partial charge in [0, 0.05) is 15.7 Å². The van der Waals surface area contributed by atoms with Crippen LogP contribution in [0.4, 0.5) is 0 Å². The van der Waals surface area contributed by atoms with Crippen molar-refractivity contribution in [2.24, 2.45) is 5.73 Å². The Balaban J connectivity index is 2.27. The third-order valence-electron chi connectivity index (χ3n) is 3.64. The summed E-state index contributed by atoms with van der Waals surface area (Å²) in [5, 5.41) is 17.5. The molecule has 1 aromatic heterocycles. The largest absolute Gasteiger partial charge is 0.420 e. The summed E-state index contributed by atoms with van der Waals surface area (Å²) in [7, 11) is 0. The zero-order chi connectivity index (χ0) is 15.9. The van der Waals surface area contributed by atoms with Gasteiger partial charge in [0.15, 0.2) is 0 Å². The molecule has 2 aromatic rings. The number of nitrogens with zero attached hydrogens (tertiary/aromatic N) is 2. The number of aromatic amines is 1. The monoisotopic (exact) mass is 334 g/mol. The molecule has 0 unspecified atom stereocenters. The van der Waals surface area contributed by atoms with Crippen molar-refractivity contribution in [3.8, 4) is 11.9 Å². The highest BCUT2D eigenvalue weighted by molar-refractivity contribution is 6.35. The van der Waals surface area contributed by atoms with Gasteiger partial charge in [-0.2, -0.15) is 5.26 Å². The van der Waals surface area contributed by atoms with Gasteiger partial charge in [0.25, 0.3) is 0 Å². The number of rotatable bonds is 2. The van der Waals surface area contributed by atoms with Crippen LogP contribution in [0.2, 0.25) is 10.0 Å². The Morgan fingerprint density at radius 2 is 2.23 bits per heavy atom. The summed E-state index contributed by atoms with van der Waals surface area (Å²) in [6.45, 7) is 1.99. The molecule has 112 valence electrons. The molecular weight excluding hydrogens is 323 g/mol. The van der Waals surface area contributed by atoms with Crippen molar-refractivity contribution in [2.45, 2.75) is 19.3 Å². The number of hydrogen-bond acceptors (Lipinski definition) is 4. The summed E-state index contributed by atoms with van der Waals surface area (Å²) in [5.41, 5.74) is 8.60. The summed E-state index contributed by atoms with van der Waals surface area (Å²) >= 11 is 12.3. The van der Waals surface area contributed by atoms with E-state index in [0.717, 1.165) is 16.8 Å². The number of aromatic nitrogens is 2. The van der Waals surface area contributed by atoms with Gasteiger partial charge in [-0.1, -0.05) is 36.2 Å². The molecule has 3 N–H and O–H groups in total. The van der Waals surface area contributed by atoms with Crippen LogP contribution in [-0.4, -0.2) is 10.2 Å². The molecule has 1 aliphatic heterocycles. The third kappa shape index (κ3) is 2.21. The van der Waals surface area contributed by atoms with Crippen molar-refractivity contribution in [1.29, 1.82) is 5.26 Å². The molecule has 0 spiro atoms. The maximum atomic E-state index is 9.50. The van der Waals surface area contributed by atoms with Gasteiger partial charge in [-0.15, -0.1) is 5.10 Å². The predicted octanol–water partition coefficient (Wildman–Crippen LogP) is 3.50. The number of nitrogens with two attached hydrogens (primary N) is 1. The second-order valence-electron chi connectivity index (χ2n) is 4.87. The topological polar surface area (TPSA) is 87.7 Å². The van der Waals surface area contributed by atoms with Crippen LogP contribution in [0.5, 0.6) is 5.88 Å². The molecule has 0 aliphatic carbocycles. The molecule has 0 saturated carbocycles. The predicted molar refractivity (Wildman–Crippen MR) is 83.7 cm³/mol. The number of fused-ring (bicyclic) bond motifs is 1. The summed E-state index contributed by atoms with van der Waals surface area (Å²) in [6.07, 6.45) is 0.714. The lowest BCUT2D eigenvalue weighted by atomic mass is 9.83. The van der Waals surface area contributed by atoms with E-state index in [0.29, 0.717) is 27.9 Å². The van der Waals surface area contributed by atoms with E-state index in [1.54, 1.807) is 18.2 Å². The number of ether oxygens (including phenoxy) is 1. The Morgan fingerprint density at radius 3 is 2.86 bits per heavy atom. The fourth-order valence-electron chi connectivity index (χ4n) is 2.62. The van der Waals surface area contributed by atoms with E-state index in [1.807, 2.05) is 6.92 Å². The average Bonchev–Trinajstić information content (AvgIpc) is 2.88. The third-order valence-corrected chi connectivity index (χ3v) is 4.21. The lowest BCUT2D eigenvalue weighted by molar-refractivity contribution is 0.378. The number of nitriles is 1. The smallest absolute Gasteiger partial charge is 0.244 e. The van der Waals surface area contributed by atoms with Crippen LogP contribution in [0.25, 0.3) is 0 Å². The van der Waals surface area contributed by atoms with E-state index < -0.39 is 5.92 Å². The highest BCUT2D eigenvalue weighted by Gasteiger charge is 2.35. The number of H-pyrrole nitrogens is 1. The molecule has 0 bridgehead atoms. The van der Waals surface area contributed by atoms with Crippen LogP contribution >= 0.6 is 23.2 Å². The van der Waals surface area contributed by atoms with Gasteiger partial charge in [-0.3, -0.25) is 5.10 Å². The Labute approximate surface area is 137 Å². The summed E-state index contributed by atoms with van der Waals surface area (Å²) in [5.74, 6) is -0.00301. The molecule has 1 aliphatic rings. The van der Waals surface area contributed by atoms with Crippen molar-refractivity contribution >= 4 is 23.2 Å². The van der Waals surface area contributed by atoms with Crippen LogP contribution in [0.3, 0.4) is 0 Å². The zero-order valence-corrected chi connectivity index (χ0v) is 13.2. The first-order valence-electron chi connectivity index (χ1n) is 6.66. The van der Waals surface area contributed by atoms with Crippen LogP contribution in [0.1, 0.15) is 29.7 Å². The van der Waals surface area contributed by atoms with Crippen LogP contribution in [0.15, 0.2) is 29.7 Å². The Bertz CT molecular complexity index is 819. The fraction of sp³-hybridized carbons (Fsp3) is 0.200. The number of nitrogens with one attached hydrogen (secondary N) is 1. The van der Waals surface area contributed by atoms with Crippen LogP contribution in [0, 0.1) is 11.3 Å². The molecule has 1 aromatic carbocycles. The molecule has 0 amide bonds. The van der Waals surface area contributed by atoms with E-state index >= 15 is 0 Å². The van der Waals surface area contributed by atoms with Crippen molar-refractivity contribution < 1.29 is 4.74 Å². The molecular formula is C15H12Cl2N4O. The number of allylic oxidation sites excluding steroid dienone is 1. The van der Waals surface area contributed by atoms with Crippen molar-refractivity contribution in [3.63, 3.8) is 0 Å². The van der Waals surface area contributed by atoms with Gasteiger partial charge < -0.3 is 10.5 Å². The fourth-order valence-corrected chi connectivity index (χ4v) is 3.14. The van der Waals surface area contributed by atoms with Gasteiger partial charge in [-0.05, 0) is 24.1 Å². The van der Waals surface area contributed by atoms with E-state index in [-0.39, 0.29) is 5.88 Å². The Morgan fingerprint density at radius 1 is 1.45 bits per heavy atom. The van der Waals surface area contributed by atoms with Crippen LogP contribution < -0.4 is 10.5 Å². The molecule has 0 radical (unpaired) electrons. The van der Waals surface area contributed by atoms with Crippen molar-refractivity contribution in [1.82, 2.24) is 10.2 Å². The van der Waals surface area contributed by atoms with E-state index in [2.05, 4.69) is 16.3 Å².